The highest BCUT2D eigenvalue weighted by atomic mass is 32.2. The van der Waals surface area contributed by atoms with Crippen LogP contribution in [0.2, 0.25) is 0 Å². The van der Waals surface area contributed by atoms with Crippen LogP contribution in [0.5, 0.6) is 0 Å². The minimum atomic E-state index is -0.429. The van der Waals surface area contributed by atoms with Gasteiger partial charge in [-0.2, -0.15) is 0 Å². The Morgan fingerprint density at radius 1 is 1.20 bits per heavy atom. The molecule has 1 fully saturated rings. The van der Waals surface area contributed by atoms with Crippen molar-refractivity contribution >= 4 is 34.9 Å². The number of thioether (sulfide) groups is 1. The van der Waals surface area contributed by atoms with Gasteiger partial charge < -0.3 is 14.8 Å². The van der Waals surface area contributed by atoms with E-state index in [-0.39, 0.29) is 25.5 Å². The molecule has 1 atom stereocenters. The molecule has 156 valence electrons. The Kier molecular flexibility index (Phi) is 7.64. The van der Waals surface area contributed by atoms with Gasteiger partial charge in [-0.3, -0.25) is 19.3 Å². The quantitative estimate of drug-likeness (QED) is 0.598. The molecule has 1 aliphatic rings. The standard InChI is InChI=1S/C22H22N2O5S/c25-15-17(14-16-6-2-1-3-7-16)23-20(26)11-12-24-21(27)19(30-22(24)28)10-4-8-18-9-5-13-29-18/h1-10,13,17,25H,11-12,14-15H2,(H,23,26). The SMILES string of the molecule is O=C(CCN1C(=O)SC(=CC=Cc2ccco2)C1=O)NC(CO)Cc1ccccc1. The molecule has 2 aromatic rings. The van der Waals surface area contributed by atoms with Crippen LogP contribution in [0.3, 0.4) is 0 Å². The lowest BCUT2D eigenvalue weighted by molar-refractivity contribution is -0.124. The van der Waals surface area contributed by atoms with Crippen LogP contribution in [-0.4, -0.2) is 46.3 Å². The zero-order chi connectivity index (χ0) is 21.3. The first-order chi connectivity index (χ1) is 14.6. The molecule has 2 N–H and O–H groups in total. The number of aliphatic hydroxyl groups excluding tert-OH is 1. The zero-order valence-corrected chi connectivity index (χ0v) is 17.0. The van der Waals surface area contributed by atoms with Crippen LogP contribution in [-0.2, 0) is 16.0 Å². The summed E-state index contributed by atoms with van der Waals surface area (Å²) >= 11 is 0.836. The molecule has 3 rings (SSSR count). The summed E-state index contributed by atoms with van der Waals surface area (Å²) in [5.74, 6) is -0.119. The average molecular weight is 426 g/mol. The Bertz CT molecular complexity index is 938. The number of carbonyl (C=O) groups is 3. The van der Waals surface area contributed by atoms with E-state index in [2.05, 4.69) is 5.32 Å². The first kappa shape index (κ1) is 21.6. The van der Waals surface area contributed by atoms with Crippen LogP contribution in [0.25, 0.3) is 6.08 Å². The Morgan fingerprint density at radius 3 is 2.70 bits per heavy atom. The lowest BCUT2D eigenvalue weighted by Crippen LogP contribution is -2.41. The maximum atomic E-state index is 12.4. The fraction of sp³-hybridized carbons (Fsp3) is 0.227. The molecule has 8 heteroatoms. The van der Waals surface area contributed by atoms with Crippen molar-refractivity contribution in [2.24, 2.45) is 0 Å². The van der Waals surface area contributed by atoms with E-state index in [1.54, 1.807) is 36.6 Å². The third-order valence-electron chi connectivity index (χ3n) is 4.40. The predicted molar refractivity (Wildman–Crippen MR) is 114 cm³/mol. The van der Waals surface area contributed by atoms with E-state index in [9.17, 15) is 19.5 Å². The van der Waals surface area contributed by atoms with Gasteiger partial charge in [0.1, 0.15) is 5.76 Å². The molecule has 0 bridgehead atoms. The maximum Gasteiger partial charge on any atom is 0.293 e. The Labute approximate surface area is 178 Å². The number of benzene rings is 1. The molecule has 30 heavy (non-hydrogen) atoms. The molecule has 0 saturated carbocycles. The molecule has 0 aliphatic carbocycles. The normalized spacial score (nSPS) is 16.6. The molecule has 0 spiro atoms. The largest absolute Gasteiger partial charge is 0.465 e. The zero-order valence-electron chi connectivity index (χ0n) is 16.2. The summed E-state index contributed by atoms with van der Waals surface area (Å²) < 4.78 is 5.16. The summed E-state index contributed by atoms with van der Waals surface area (Å²) in [4.78, 5) is 38.2. The number of nitrogens with zero attached hydrogens (tertiary/aromatic N) is 1. The maximum absolute atomic E-state index is 12.4. The van der Waals surface area contributed by atoms with Crippen molar-refractivity contribution in [3.05, 3.63) is 77.1 Å². The number of furan rings is 1. The van der Waals surface area contributed by atoms with Crippen molar-refractivity contribution < 1.29 is 23.9 Å². The molecular weight excluding hydrogens is 404 g/mol. The molecule has 1 aromatic carbocycles. The molecule has 1 aliphatic heterocycles. The van der Waals surface area contributed by atoms with Crippen molar-refractivity contribution in [3.8, 4) is 0 Å². The van der Waals surface area contributed by atoms with Gasteiger partial charge >= 0.3 is 0 Å². The number of imide groups is 1. The molecule has 3 amide bonds. The Hall–Kier alpha value is -3.10. The summed E-state index contributed by atoms with van der Waals surface area (Å²) in [7, 11) is 0. The van der Waals surface area contributed by atoms with E-state index in [1.165, 1.54) is 0 Å². The Balaban J connectivity index is 1.50. The smallest absolute Gasteiger partial charge is 0.293 e. The predicted octanol–water partition coefficient (Wildman–Crippen LogP) is 2.98. The first-order valence-electron chi connectivity index (χ1n) is 9.46. The number of amides is 3. The van der Waals surface area contributed by atoms with Crippen LogP contribution >= 0.6 is 11.8 Å². The summed E-state index contributed by atoms with van der Waals surface area (Å²) in [5, 5.41) is 11.9. The molecule has 1 unspecified atom stereocenters. The van der Waals surface area contributed by atoms with Gasteiger partial charge in [0.15, 0.2) is 0 Å². The van der Waals surface area contributed by atoms with E-state index in [0.717, 1.165) is 22.2 Å². The fourth-order valence-electron chi connectivity index (χ4n) is 2.90. The lowest BCUT2D eigenvalue weighted by Gasteiger charge is -2.18. The summed E-state index contributed by atoms with van der Waals surface area (Å²) in [6, 6.07) is 12.6. The van der Waals surface area contributed by atoms with Crippen molar-refractivity contribution in [1.29, 1.82) is 0 Å². The topological polar surface area (TPSA) is 99.9 Å². The number of aliphatic hydroxyl groups is 1. The van der Waals surface area contributed by atoms with Gasteiger partial charge in [0.25, 0.3) is 11.1 Å². The summed E-state index contributed by atoms with van der Waals surface area (Å²) in [6.07, 6.45) is 6.88. The summed E-state index contributed by atoms with van der Waals surface area (Å²) in [5.41, 5.74) is 0.996. The number of carbonyl (C=O) groups excluding carboxylic acids is 3. The van der Waals surface area contributed by atoms with Crippen LogP contribution in [0.1, 0.15) is 17.7 Å². The number of hydrogen-bond acceptors (Lipinski definition) is 6. The highest BCUT2D eigenvalue weighted by molar-refractivity contribution is 8.18. The number of nitrogens with one attached hydrogen (secondary N) is 1. The molecule has 1 saturated heterocycles. The third kappa shape index (κ3) is 5.95. The van der Waals surface area contributed by atoms with Crippen molar-refractivity contribution in [3.63, 3.8) is 0 Å². The second kappa shape index (κ2) is 10.6. The van der Waals surface area contributed by atoms with Crippen molar-refractivity contribution in [2.45, 2.75) is 18.9 Å². The van der Waals surface area contributed by atoms with Gasteiger partial charge in [-0.05, 0) is 48.0 Å². The minimum Gasteiger partial charge on any atom is -0.465 e. The van der Waals surface area contributed by atoms with E-state index >= 15 is 0 Å². The molecule has 7 nitrogen and oxygen atoms in total. The van der Waals surface area contributed by atoms with Crippen LogP contribution in [0, 0.1) is 0 Å². The molecule has 2 heterocycles. The van der Waals surface area contributed by atoms with E-state index < -0.39 is 17.2 Å². The number of allylic oxidation sites excluding steroid dienone is 2. The molecular formula is C22H22N2O5S. The third-order valence-corrected chi connectivity index (χ3v) is 5.32. The van der Waals surface area contributed by atoms with Gasteiger partial charge in [0.05, 0.1) is 23.8 Å². The highest BCUT2D eigenvalue weighted by Gasteiger charge is 2.34. The van der Waals surface area contributed by atoms with E-state index in [4.69, 9.17) is 4.42 Å². The van der Waals surface area contributed by atoms with Gasteiger partial charge in [-0.25, -0.2) is 0 Å². The molecule has 0 radical (unpaired) electrons. The fourth-order valence-corrected chi connectivity index (χ4v) is 3.71. The number of hydrogen-bond donors (Lipinski definition) is 2. The van der Waals surface area contributed by atoms with Crippen LogP contribution in [0.15, 0.2) is 70.2 Å². The van der Waals surface area contributed by atoms with Gasteiger partial charge in [0, 0.05) is 13.0 Å². The van der Waals surface area contributed by atoms with Gasteiger partial charge in [-0.15, -0.1) is 0 Å². The first-order valence-corrected chi connectivity index (χ1v) is 10.3. The average Bonchev–Trinajstić information content (AvgIpc) is 3.35. The van der Waals surface area contributed by atoms with E-state index in [1.807, 2.05) is 30.3 Å². The van der Waals surface area contributed by atoms with E-state index in [0.29, 0.717) is 17.1 Å². The number of rotatable bonds is 9. The Morgan fingerprint density at radius 2 is 2.00 bits per heavy atom. The van der Waals surface area contributed by atoms with Crippen LogP contribution < -0.4 is 5.32 Å². The van der Waals surface area contributed by atoms with Gasteiger partial charge in [0.2, 0.25) is 5.91 Å². The summed E-state index contributed by atoms with van der Waals surface area (Å²) in [6.45, 7) is -0.216. The second-order valence-corrected chi connectivity index (χ2v) is 7.61. The van der Waals surface area contributed by atoms with Gasteiger partial charge in [-0.1, -0.05) is 36.4 Å². The van der Waals surface area contributed by atoms with Crippen molar-refractivity contribution in [1.82, 2.24) is 10.2 Å². The molecule has 1 aromatic heterocycles. The monoisotopic (exact) mass is 426 g/mol. The second-order valence-electron chi connectivity index (χ2n) is 6.62. The highest BCUT2D eigenvalue weighted by Crippen LogP contribution is 2.30. The van der Waals surface area contributed by atoms with Crippen molar-refractivity contribution in [2.75, 3.05) is 13.2 Å². The lowest BCUT2D eigenvalue weighted by atomic mass is 10.1. The minimum absolute atomic E-state index is 0.0147. The van der Waals surface area contributed by atoms with Crippen LogP contribution in [0.4, 0.5) is 4.79 Å².